The highest BCUT2D eigenvalue weighted by Gasteiger charge is 2.17. The number of hydrogen-bond acceptors (Lipinski definition) is 2. The molecule has 0 heterocycles. The molecule has 1 aromatic carbocycles. The first-order chi connectivity index (χ1) is 7.95. The Balaban J connectivity index is 2.76. The molecule has 0 spiro atoms. The molecule has 0 bridgehead atoms. The summed E-state index contributed by atoms with van der Waals surface area (Å²) in [5, 5.41) is 0. The Kier molecular flexibility index (Phi) is 5.21. The van der Waals surface area contributed by atoms with Gasteiger partial charge in [0.15, 0.2) is 0 Å². The minimum Gasteiger partial charge on any atom is -0.327 e. The van der Waals surface area contributed by atoms with Crippen molar-refractivity contribution in [1.82, 2.24) is 0 Å². The van der Waals surface area contributed by atoms with E-state index in [1.54, 1.807) is 0 Å². The number of halogens is 2. The maximum absolute atomic E-state index is 13.4. The molecule has 2 nitrogen and oxygen atoms in total. The molecule has 1 aromatic rings. The molecule has 3 atom stereocenters. The van der Waals surface area contributed by atoms with Gasteiger partial charge in [0, 0.05) is 17.9 Å². The van der Waals surface area contributed by atoms with Crippen LogP contribution in [-0.2, 0) is 10.8 Å². The highest BCUT2D eigenvalue weighted by atomic mass is 32.2. The van der Waals surface area contributed by atoms with Crippen LogP contribution in [0.2, 0.25) is 0 Å². The van der Waals surface area contributed by atoms with E-state index in [1.807, 2.05) is 13.8 Å². The van der Waals surface area contributed by atoms with Crippen molar-refractivity contribution in [3.63, 3.8) is 0 Å². The topological polar surface area (TPSA) is 43.1 Å². The second-order valence-corrected chi connectivity index (χ2v) is 5.60. The summed E-state index contributed by atoms with van der Waals surface area (Å²) in [6, 6.07) is 2.81. The first kappa shape index (κ1) is 14.3. The van der Waals surface area contributed by atoms with E-state index in [4.69, 9.17) is 5.73 Å². The predicted octanol–water partition coefficient (Wildman–Crippen LogP) is 2.45. The average molecular weight is 261 g/mol. The van der Waals surface area contributed by atoms with Crippen LogP contribution in [0.5, 0.6) is 0 Å². The molecule has 17 heavy (non-hydrogen) atoms. The van der Waals surface area contributed by atoms with Crippen molar-refractivity contribution < 1.29 is 13.0 Å². The molecule has 5 heteroatoms. The monoisotopic (exact) mass is 261 g/mol. The van der Waals surface area contributed by atoms with Gasteiger partial charge in [0.2, 0.25) is 0 Å². The Morgan fingerprint density at radius 2 is 2.06 bits per heavy atom. The summed E-state index contributed by atoms with van der Waals surface area (Å²) in [6.45, 7) is 3.95. The molecule has 0 amide bonds. The summed E-state index contributed by atoms with van der Waals surface area (Å²) < 4.78 is 37.9. The minimum atomic E-state index is -1.52. The number of hydrogen-bond donors (Lipinski definition) is 1. The van der Waals surface area contributed by atoms with Crippen molar-refractivity contribution in [2.24, 2.45) is 11.7 Å². The van der Waals surface area contributed by atoms with Gasteiger partial charge in [0.25, 0.3) is 0 Å². The van der Waals surface area contributed by atoms with Crippen LogP contribution >= 0.6 is 0 Å². The van der Waals surface area contributed by atoms with Crippen molar-refractivity contribution in [2.45, 2.75) is 31.2 Å². The van der Waals surface area contributed by atoms with Crippen molar-refractivity contribution in [2.75, 3.05) is 5.75 Å². The summed E-state index contributed by atoms with van der Waals surface area (Å²) in [4.78, 5) is 0.0187. The highest BCUT2D eigenvalue weighted by Crippen LogP contribution is 2.16. The van der Waals surface area contributed by atoms with Crippen molar-refractivity contribution in [3.05, 3.63) is 29.8 Å². The maximum Gasteiger partial charge on any atom is 0.142 e. The zero-order valence-electron chi connectivity index (χ0n) is 9.95. The van der Waals surface area contributed by atoms with E-state index in [2.05, 4.69) is 0 Å². The lowest BCUT2D eigenvalue weighted by atomic mass is 10.0. The molecular formula is C12H17F2NOS. The molecule has 0 fully saturated rings. The van der Waals surface area contributed by atoms with Gasteiger partial charge in [0.1, 0.15) is 11.6 Å². The normalized spacial score (nSPS) is 16.5. The van der Waals surface area contributed by atoms with Gasteiger partial charge in [-0.2, -0.15) is 0 Å². The van der Waals surface area contributed by atoms with Crippen LogP contribution in [0.1, 0.15) is 20.3 Å². The SMILES string of the molecule is CCC(C)C(N)CS(=O)c1ccc(F)cc1F. The molecule has 3 unspecified atom stereocenters. The van der Waals surface area contributed by atoms with Crippen LogP contribution in [0.3, 0.4) is 0 Å². The van der Waals surface area contributed by atoms with E-state index < -0.39 is 22.4 Å². The average Bonchev–Trinajstić information content (AvgIpc) is 2.27. The van der Waals surface area contributed by atoms with Gasteiger partial charge in [-0.15, -0.1) is 0 Å². The fourth-order valence-electron chi connectivity index (χ4n) is 1.39. The first-order valence-corrected chi connectivity index (χ1v) is 6.86. The Morgan fingerprint density at radius 3 is 2.59 bits per heavy atom. The van der Waals surface area contributed by atoms with Gasteiger partial charge in [0.05, 0.1) is 15.7 Å². The van der Waals surface area contributed by atoms with Gasteiger partial charge in [-0.05, 0) is 18.1 Å². The Bertz CT molecular complexity index is 411. The summed E-state index contributed by atoms with van der Waals surface area (Å²) in [7, 11) is -1.52. The van der Waals surface area contributed by atoms with Gasteiger partial charge in [-0.3, -0.25) is 4.21 Å². The third kappa shape index (κ3) is 3.85. The third-order valence-electron chi connectivity index (χ3n) is 2.86. The molecule has 0 aromatic heterocycles. The smallest absolute Gasteiger partial charge is 0.142 e. The number of rotatable bonds is 5. The van der Waals surface area contributed by atoms with E-state index in [1.165, 1.54) is 6.07 Å². The fraction of sp³-hybridized carbons (Fsp3) is 0.500. The van der Waals surface area contributed by atoms with E-state index in [-0.39, 0.29) is 22.6 Å². The second-order valence-electron chi connectivity index (χ2n) is 4.14. The van der Waals surface area contributed by atoms with Crippen molar-refractivity contribution >= 4 is 10.8 Å². The lowest BCUT2D eigenvalue weighted by Crippen LogP contribution is -2.33. The summed E-state index contributed by atoms with van der Waals surface area (Å²) >= 11 is 0. The van der Waals surface area contributed by atoms with Crippen molar-refractivity contribution in [1.29, 1.82) is 0 Å². The largest absolute Gasteiger partial charge is 0.327 e. The molecular weight excluding hydrogens is 244 g/mol. The maximum atomic E-state index is 13.4. The minimum absolute atomic E-state index is 0.0187. The fourth-order valence-corrected chi connectivity index (χ4v) is 2.75. The molecule has 2 N–H and O–H groups in total. The van der Waals surface area contributed by atoms with Gasteiger partial charge in [-0.1, -0.05) is 20.3 Å². The van der Waals surface area contributed by atoms with Gasteiger partial charge < -0.3 is 5.73 Å². The Hall–Kier alpha value is -0.810. The van der Waals surface area contributed by atoms with E-state index in [0.717, 1.165) is 18.6 Å². The van der Waals surface area contributed by atoms with Gasteiger partial charge >= 0.3 is 0 Å². The summed E-state index contributed by atoms with van der Waals surface area (Å²) in [5.74, 6) is -1.03. The molecule has 0 saturated heterocycles. The van der Waals surface area contributed by atoms with Crippen LogP contribution in [-0.4, -0.2) is 16.0 Å². The van der Waals surface area contributed by atoms with Gasteiger partial charge in [-0.25, -0.2) is 8.78 Å². The summed E-state index contributed by atoms with van der Waals surface area (Å²) in [6.07, 6.45) is 0.879. The van der Waals surface area contributed by atoms with E-state index in [9.17, 15) is 13.0 Å². The van der Waals surface area contributed by atoms with Crippen molar-refractivity contribution in [3.8, 4) is 0 Å². The van der Waals surface area contributed by atoms with Crippen LogP contribution in [0, 0.1) is 17.6 Å². The first-order valence-electron chi connectivity index (χ1n) is 5.54. The molecule has 1 rings (SSSR count). The predicted molar refractivity (Wildman–Crippen MR) is 65.1 cm³/mol. The molecule has 0 saturated carbocycles. The summed E-state index contributed by atoms with van der Waals surface area (Å²) in [5.41, 5.74) is 5.86. The zero-order chi connectivity index (χ0) is 13.0. The molecule has 0 radical (unpaired) electrons. The van der Waals surface area contributed by atoms with Crippen LogP contribution in [0.25, 0.3) is 0 Å². The quantitative estimate of drug-likeness (QED) is 0.884. The number of benzene rings is 1. The van der Waals surface area contributed by atoms with E-state index >= 15 is 0 Å². The Morgan fingerprint density at radius 1 is 1.41 bits per heavy atom. The van der Waals surface area contributed by atoms with E-state index in [0.29, 0.717) is 0 Å². The lowest BCUT2D eigenvalue weighted by molar-refractivity contribution is 0.471. The molecule has 96 valence electrons. The van der Waals surface area contributed by atoms with Crippen LogP contribution < -0.4 is 5.73 Å². The zero-order valence-corrected chi connectivity index (χ0v) is 10.8. The third-order valence-corrected chi connectivity index (χ3v) is 4.37. The Labute approximate surface area is 103 Å². The molecule has 0 aliphatic carbocycles. The van der Waals surface area contributed by atoms with Crippen LogP contribution in [0.4, 0.5) is 8.78 Å². The highest BCUT2D eigenvalue weighted by molar-refractivity contribution is 7.85. The standard InChI is InChI=1S/C12H17F2NOS/c1-3-8(2)11(15)7-17(16)12-5-4-9(13)6-10(12)14/h4-6,8,11H,3,7,15H2,1-2H3. The molecule has 0 aliphatic rings. The lowest BCUT2D eigenvalue weighted by Gasteiger charge is -2.17. The number of nitrogens with two attached hydrogens (primary N) is 1. The second kappa shape index (κ2) is 6.21. The van der Waals surface area contributed by atoms with Crippen LogP contribution in [0.15, 0.2) is 23.1 Å². The molecule has 0 aliphatic heterocycles.